The molecule has 0 bridgehead atoms. The third-order valence-electron chi connectivity index (χ3n) is 4.21. The maximum absolute atomic E-state index is 9.78. The third-order valence-corrected chi connectivity index (χ3v) is 4.21. The van der Waals surface area contributed by atoms with E-state index in [0.717, 1.165) is 29.7 Å². The lowest BCUT2D eigenvalue weighted by Gasteiger charge is -2.23. The van der Waals surface area contributed by atoms with Crippen LogP contribution in [0.25, 0.3) is 0 Å². The van der Waals surface area contributed by atoms with Crippen LogP contribution >= 0.6 is 0 Å². The highest BCUT2D eigenvalue weighted by molar-refractivity contribution is 5.52. The van der Waals surface area contributed by atoms with Crippen LogP contribution in [0.15, 0.2) is 6.07 Å². The summed E-state index contributed by atoms with van der Waals surface area (Å²) in [7, 11) is 2.08. The lowest BCUT2D eigenvalue weighted by atomic mass is 9.93. The Hall–Kier alpha value is -1.26. The second kappa shape index (κ2) is 4.78. The van der Waals surface area contributed by atoms with Gasteiger partial charge in [-0.1, -0.05) is 0 Å². The van der Waals surface area contributed by atoms with Crippen LogP contribution < -0.4 is 5.73 Å². The van der Waals surface area contributed by atoms with Crippen molar-refractivity contribution in [3.63, 3.8) is 0 Å². The Morgan fingerprint density at radius 1 is 1.33 bits per heavy atom. The molecule has 1 fully saturated rings. The van der Waals surface area contributed by atoms with E-state index < -0.39 is 0 Å². The van der Waals surface area contributed by atoms with E-state index in [2.05, 4.69) is 11.9 Å². The first-order chi connectivity index (χ1) is 8.45. The van der Waals surface area contributed by atoms with Gasteiger partial charge in [-0.05, 0) is 62.5 Å². The number of nitrogens with two attached hydrogens (primary N) is 1. The average molecular weight is 250 g/mol. The van der Waals surface area contributed by atoms with E-state index in [-0.39, 0.29) is 17.5 Å². The number of phenols is 2. The smallest absolute Gasteiger partial charge is 0.160 e. The molecule has 2 rings (SSSR count). The summed E-state index contributed by atoms with van der Waals surface area (Å²) in [6.07, 6.45) is 1.01. The van der Waals surface area contributed by atoms with Gasteiger partial charge in [0.2, 0.25) is 0 Å². The van der Waals surface area contributed by atoms with Crippen molar-refractivity contribution in [3.05, 3.63) is 22.8 Å². The van der Waals surface area contributed by atoms with Crippen LogP contribution in [0.1, 0.15) is 29.2 Å². The van der Waals surface area contributed by atoms with Gasteiger partial charge in [0, 0.05) is 12.6 Å². The molecular weight excluding hydrogens is 228 g/mol. The minimum Gasteiger partial charge on any atom is -0.504 e. The molecular formula is C14H22N2O2. The van der Waals surface area contributed by atoms with Crippen molar-refractivity contribution in [1.82, 2.24) is 4.90 Å². The lowest BCUT2D eigenvalue weighted by Crippen LogP contribution is -2.21. The van der Waals surface area contributed by atoms with Gasteiger partial charge in [-0.2, -0.15) is 0 Å². The van der Waals surface area contributed by atoms with Crippen LogP contribution in [0.2, 0.25) is 0 Å². The maximum atomic E-state index is 9.78. The molecule has 1 aliphatic heterocycles. The Balaban J connectivity index is 2.40. The van der Waals surface area contributed by atoms with Crippen molar-refractivity contribution >= 4 is 0 Å². The van der Waals surface area contributed by atoms with Crippen molar-refractivity contribution in [2.75, 3.05) is 20.1 Å². The van der Waals surface area contributed by atoms with E-state index in [4.69, 9.17) is 5.73 Å². The highest BCUT2D eigenvalue weighted by Crippen LogP contribution is 2.41. The molecule has 4 heteroatoms. The van der Waals surface area contributed by atoms with Gasteiger partial charge in [0.05, 0.1) is 0 Å². The van der Waals surface area contributed by atoms with Crippen LogP contribution in [-0.4, -0.2) is 35.3 Å². The molecule has 2 atom stereocenters. The summed E-state index contributed by atoms with van der Waals surface area (Å²) < 4.78 is 0. The molecule has 0 spiro atoms. The molecule has 4 nitrogen and oxygen atoms in total. The van der Waals surface area contributed by atoms with Crippen molar-refractivity contribution in [2.45, 2.75) is 26.3 Å². The minimum atomic E-state index is -0.0299. The van der Waals surface area contributed by atoms with E-state index in [1.807, 2.05) is 13.8 Å². The maximum Gasteiger partial charge on any atom is 0.160 e. The SMILES string of the molecule is Cc1c(C2CC(CN)CN2C)cc(O)c(O)c1C. The Morgan fingerprint density at radius 2 is 2.00 bits per heavy atom. The lowest BCUT2D eigenvalue weighted by molar-refractivity contribution is 0.311. The molecule has 0 saturated carbocycles. The second-order valence-corrected chi connectivity index (χ2v) is 5.38. The van der Waals surface area contributed by atoms with Gasteiger partial charge < -0.3 is 15.9 Å². The molecule has 1 aromatic rings. The first kappa shape index (κ1) is 13.2. The second-order valence-electron chi connectivity index (χ2n) is 5.38. The van der Waals surface area contributed by atoms with Gasteiger partial charge in [-0.25, -0.2) is 0 Å². The van der Waals surface area contributed by atoms with Gasteiger partial charge in [0.15, 0.2) is 11.5 Å². The van der Waals surface area contributed by atoms with E-state index in [1.165, 1.54) is 0 Å². The van der Waals surface area contributed by atoms with Gasteiger partial charge >= 0.3 is 0 Å². The summed E-state index contributed by atoms with van der Waals surface area (Å²) >= 11 is 0. The fourth-order valence-corrected chi connectivity index (χ4v) is 2.90. The zero-order valence-electron chi connectivity index (χ0n) is 11.3. The van der Waals surface area contributed by atoms with Crippen LogP contribution in [0.4, 0.5) is 0 Å². The van der Waals surface area contributed by atoms with E-state index in [1.54, 1.807) is 6.07 Å². The molecule has 1 aliphatic rings. The number of hydrogen-bond donors (Lipinski definition) is 3. The normalized spacial score (nSPS) is 24.7. The summed E-state index contributed by atoms with van der Waals surface area (Å²) in [5, 5.41) is 19.5. The number of hydrogen-bond acceptors (Lipinski definition) is 4. The number of phenolic OH excluding ortho intramolecular Hbond substituents is 2. The molecule has 2 unspecified atom stereocenters. The predicted octanol–water partition coefficient (Wildman–Crippen LogP) is 1.67. The van der Waals surface area contributed by atoms with Crippen LogP contribution in [0, 0.1) is 19.8 Å². The number of aromatic hydroxyl groups is 2. The molecule has 0 amide bonds. The van der Waals surface area contributed by atoms with Gasteiger partial charge in [0.1, 0.15) is 0 Å². The average Bonchev–Trinajstić information content (AvgIpc) is 2.72. The number of rotatable bonds is 2. The molecule has 1 aromatic carbocycles. The van der Waals surface area contributed by atoms with Crippen molar-refractivity contribution in [2.24, 2.45) is 11.7 Å². The number of benzene rings is 1. The Labute approximate surface area is 108 Å². The van der Waals surface area contributed by atoms with E-state index >= 15 is 0 Å². The molecule has 4 N–H and O–H groups in total. The number of nitrogens with zero attached hydrogens (tertiary/aromatic N) is 1. The first-order valence-electron chi connectivity index (χ1n) is 6.38. The fourth-order valence-electron chi connectivity index (χ4n) is 2.90. The van der Waals surface area contributed by atoms with Crippen molar-refractivity contribution in [1.29, 1.82) is 0 Å². The predicted molar refractivity (Wildman–Crippen MR) is 71.8 cm³/mol. The van der Waals surface area contributed by atoms with Gasteiger partial charge in [0.25, 0.3) is 0 Å². The summed E-state index contributed by atoms with van der Waals surface area (Å²) in [6.45, 7) is 5.51. The third kappa shape index (κ3) is 2.06. The zero-order valence-corrected chi connectivity index (χ0v) is 11.3. The number of likely N-dealkylation sites (tertiary alicyclic amines) is 1. The summed E-state index contributed by atoms with van der Waals surface area (Å²) in [4.78, 5) is 2.27. The van der Waals surface area contributed by atoms with Crippen LogP contribution in [-0.2, 0) is 0 Å². The van der Waals surface area contributed by atoms with Crippen molar-refractivity contribution < 1.29 is 10.2 Å². The largest absolute Gasteiger partial charge is 0.504 e. The van der Waals surface area contributed by atoms with Crippen molar-refractivity contribution in [3.8, 4) is 11.5 Å². The molecule has 18 heavy (non-hydrogen) atoms. The fraction of sp³-hybridized carbons (Fsp3) is 0.571. The van der Waals surface area contributed by atoms with Gasteiger partial charge in [-0.15, -0.1) is 0 Å². The summed E-state index contributed by atoms with van der Waals surface area (Å²) in [5.74, 6) is 0.473. The molecule has 0 radical (unpaired) electrons. The first-order valence-corrected chi connectivity index (χ1v) is 6.38. The Morgan fingerprint density at radius 3 is 2.56 bits per heavy atom. The monoisotopic (exact) mass is 250 g/mol. The Kier molecular flexibility index (Phi) is 3.50. The van der Waals surface area contributed by atoms with E-state index in [9.17, 15) is 10.2 Å². The molecule has 1 saturated heterocycles. The minimum absolute atomic E-state index is 0.00715. The summed E-state index contributed by atoms with van der Waals surface area (Å²) in [5.41, 5.74) is 8.65. The standard InChI is InChI=1S/C14H22N2O2/c1-8-9(2)14(18)13(17)5-11(8)12-4-10(6-15)7-16(12)3/h5,10,12,17-18H,4,6-7,15H2,1-3H3. The topological polar surface area (TPSA) is 69.7 Å². The Bertz CT molecular complexity index is 460. The highest BCUT2D eigenvalue weighted by Gasteiger charge is 2.31. The van der Waals surface area contributed by atoms with Crippen LogP contribution in [0.3, 0.4) is 0 Å². The molecule has 1 heterocycles. The highest BCUT2D eigenvalue weighted by atomic mass is 16.3. The van der Waals surface area contributed by atoms with E-state index in [0.29, 0.717) is 12.5 Å². The zero-order chi connectivity index (χ0) is 13.4. The van der Waals surface area contributed by atoms with Crippen LogP contribution in [0.5, 0.6) is 11.5 Å². The van der Waals surface area contributed by atoms with Gasteiger partial charge in [-0.3, -0.25) is 4.90 Å². The molecule has 0 aliphatic carbocycles. The summed E-state index contributed by atoms with van der Waals surface area (Å²) in [6, 6.07) is 1.97. The molecule has 0 aromatic heterocycles. The quantitative estimate of drug-likeness (QED) is 0.698. The molecule has 100 valence electrons.